The van der Waals surface area contributed by atoms with Gasteiger partial charge in [0.05, 0.1) is 41.6 Å². The molecule has 3 aromatic carbocycles. The molecule has 1 heterocycles. The van der Waals surface area contributed by atoms with Crippen molar-refractivity contribution in [1.82, 2.24) is 4.98 Å². The Bertz CT molecular complexity index is 1730. The van der Waals surface area contributed by atoms with E-state index in [0.717, 1.165) is 9.87 Å². The van der Waals surface area contributed by atoms with Crippen LogP contribution < -0.4 is 23.8 Å². The summed E-state index contributed by atoms with van der Waals surface area (Å²) < 4.78 is 66.7. The van der Waals surface area contributed by atoms with Gasteiger partial charge in [-0.2, -0.15) is 0 Å². The van der Waals surface area contributed by atoms with E-state index in [1.54, 1.807) is 30.3 Å². The largest absolute Gasteiger partial charge is 0.493 e. The lowest BCUT2D eigenvalue weighted by Crippen LogP contribution is -2.38. The number of rotatable bonds is 11. The maximum absolute atomic E-state index is 13.7. The molecule has 0 aliphatic heterocycles. The van der Waals surface area contributed by atoms with E-state index in [9.17, 15) is 21.6 Å². The fourth-order valence-corrected chi connectivity index (χ4v) is 6.27. The molecular weight excluding hydrogens is 568 g/mol. The molecule has 1 aromatic heterocycles. The van der Waals surface area contributed by atoms with Gasteiger partial charge in [0.15, 0.2) is 11.5 Å². The summed E-state index contributed by atoms with van der Waals surface area (Å²) in [4.78, 5) is 17.0. The van der Waals surface area contributed by atoms with Crippen molar-refractivity contribution in [2.45, 2.75) is 16.7 Å². The molecule has 0 fully saturated rings. The minimum Gasteiger partial charge on any atom is -0.493 e. The van der Waals surface area contributed by atoms with Crippen molar-refractivity contribution in [3.8, 4) is 11.5 Å². The zero-order valence-corrected chi connectivity index (χ0v) is 24.1. The third-order valence-corrected chi connectivity index (χ3v) is 9.10. The molecule has 2 N–H and O–H groups in total. The fraction of sp³-hybridized carbons (Fsp3) is 0.143. The van der Waals surface area contributed by atoms with E-state index in [0.29, 0.717) is 11.4 Å². The van der Waals surface area contributed by atoms with Crippen LogP contribution >= 0.6 is 0 Å². The number of nitrogens with one attached hydrogen (secondary N) is 2. The summed E-state index contributed by atoms with van der Waals surface area (Å²) in [5.74, 6) is 0.0206. The van der Waals surface area contributed by atoms with Gasteiger partial charge in [0.1, 0.15) is 6.54 Å². The number of anilines is 3. The van der Waals surface area contributed by atoms with Crippen LogP contribution in [0, 0.1) is 6.92 Å². The monoisotopic (exact) mass is 596 g/mol. The maximum Gasteiger partial charge on any atom is 0.264 e. The average Bonchev–Trinajstić information content (AvgIpc) is 2.96. The van der Waals surface area contributed by atoms with Gasteiger partial charge in [0, 0.05) is 18.0 Å². The van der Waals surface area contributed by atoms with Gasteiger partial charge in [0.25, 0.3) is 20.0 Å². The molecule has 0 atom stereocenters. The van der Waals surface area contributed by atoms with Crippen molar-refractivity contribution in [3.63, 3.8) is 0 Å². The van der Waals surface area contributed by atoms with Gasteiger partial charge in [-0.1, -0.05) is 17.7 Å². The molecule has 41 heavy (non-hydrogen) atoms. The van der Waals surface area contributed by atoms with Crippen molar-refractivity contribution in [3.05, 3.63) is 96.8 Å². The highest BCUT2D eigenvalue weighted by Crippen LogP contribution is 2.34. The van der Waals surface area contributed by atoms with Gasteiger partial charge in [-0.05, 0) is 67.6 Å². The van der Waals surface area contributed by atoms with E-state index in [1.807, 2.05) is 6.92 Å². The smallest absolute Gasteiger partial charge is 0.264 e. The molecule has 0 unspecified atom stereocenters. The third kappa shape index (κ3) is 6.94. The molecule has 0 aliphatic carbocycles. The summed E-state index contributed by atoms with van der Waals surface area (Å²) in [5.41, 5.74) is 1.63. The van der Waals surface area contributed by atoms with Gasteiger partial charge in [-0.25, -0.2) is 16.8 Å². The third-order valence-electron chi connectivity index (χ3n) is 5.91. The average molecular weight is 597 g/mol. The number of aryl methyl sites for hydroxylation is 1. The second kappa shape index (κ2) is 12.3. The normalized spacial score (nSPS) is 11.4. The number of carbonyl (C=O) groups excluding carboxylic acids is 1. The van der Waals surface area contributed by atoms with Gasteiger partial charge in [-0.15, -0.1) is 0 Å². The van der Waals surface area contributed by atoms with E-state index < -0.39 is 32.5 Å². The van der Waals surface area contributed by atoms with E-state index >= 15 is 0 Å². The fourth-order valence-electron chi connectivity index (χ4n) is 3.82. The van der Waals surface area contributed by atoms with E-state index in [-0.39, 0.29) is 26.9 Å². The number of aromatic nitrogens is 1. The Hall–Kier alpha value is -4.62. The standard InChI is InChI=1S/C28H28N4O7S2/c1-20-6-11-25(12-7-20)41(36,37)32(23-10-15-26(38-2)27(17-23)39-3)19-28(33)30-21-8-13-24(14-9-21)40(34,35)31-22-5-4-16-29-18-22/h4-18,31H,19H2,1-3H3,(H,30,33). The van der Waals surface area contributed by atoms with Crippen LogP contribution in [0.3, 0.4) is 0 Å². The topological polar surface area (TPSA) is 144 Å². The zero-order valence-electron chi connectivity index (χ0n) is 22.4. The Labute approximate surface area is 238 Å². The van der Waals surface area contributed by atoms with Gasteiger partial charge < -0.3 is 14.8 Å². The predicted molar refractivity (Wildman–Crippen MR) is 155 cm³/mol. The molecule has 214 valence electrons. The molecule has 0 spiro atoms. The molecule has 4 rings (SSSR count). The minimum absolute atomic E-state index is 0.00126. The van der Waals surface area contributed by atoms with Crippen molar-refractivity contribution in [1.29, 1.82) is 0 Å². The van der Waals surface area contributed by atoms with E-state index in [1.165, 1.54) is 75.1 Å². The Kier molecular flexibility index (Phi) is 8.79. The first-order chi connectivity index (χ1) is 19.5. The lowest BCUT2D eigenvalue weighted by molar-refractivity contribution is -0.114. The molecule has 0 aliphatic rings. The molecule has 0 saturated heterocycles. The molecule has 1 amide bonds. The first kappa shape index (κ1) is 29.4. The van der Waals surface area contributed by atoms with Gasteiger partial charge >= 0.3 is 0 Å². The van der Waals surface area contributed by atoms with Gasteiger partial charge in [-0.3, -0.25) is 18.8 Å². The van der Waals surface area contributed by atoms with Crippen LogP contribution in [0.2, 0.25) is 0 Å². The van der Waals surface area contributed by atoms with E-state index in [4.69, 9.17) is 9.47 Å². The number of nitrogens with zero attached hydrogens (tertiary/aromatic N) is 2. The maximum atomic E-state index is 13.7. The van der Waals surface area contributed by atoms with Crippen molar-refractivity contribution in [2.75, 3.05) is 35.1 Å². The summed E-state index contributed by atoms with van der Waals surface area (Å²) >= 11 is 0. The highest BCUT2D eigenvalue weighted by molar-refractivity contribution is 7.93. The van der Waals surface area contributed by atoms with Crippen molar-refractivity contribution in [2.24, 2.45) is 0 Å². The van der Waals surface area contributed by atoms with Gasteiger partial charge in [0.2, 0.25) is 5.91 Å². The van der Waals surface area contributed by atoms with E-state index in [2.05, 4.69) is 15.0 Å². The molecule has 0 bridgehead atoms. The number of hydrogen-bond donors (Lipinski definition) is 2. The predicted octanol–water partition coefficient (Wildman–Crippen LogP) is 4.04. The Morgan fingerprint density at radius 1 is 0.829 bits per heavy atom. The molecular formula is C28H28N4O7S2. The summed E-state index contributed by atoms with van der Waals surface area (Å²) in [6.45, 7) is 1.26. The molecule has 0 saturated carbocycles. The molecule has 13 heteroatoms. The number of carbonyl (C=O) groups is 1. The molecule has 11 nitrogen and oxygen atoms in total. The van der Waals surface area contributed by atoms with Crippen LogP contribution in [0.1, 0.15) is 5.56 Å². The Morgan fingerprint density at radius 2 is 1.49 bits per heavy atom. The lowest BCUT2D eigenvalue weighted by atomic mass is 10.2. The number of pyridine rings is 1. The highest BCUT2D eigenvalue weighted by Gasteiger charge is 2.28. The first-order valence-corrected chi connectivity index (χ1v) is 15.1. The van der Waals surface area contributed by atoms with Crippen molar-refractivity contribution >= 4 is 43.0 Å². The van der Waals surface area contributed by atoms with Crippen LogP contribution in [0.15, 0.2) is 101 Å². The summed E-state index contributed by atoms with van der Waals surface area (Å²) in [5, 5.41) is 2.63. The highest BCUT2D eigenvalue weighted by atomic mass is 32.2. The lowest BCUT2D eigenvalue weighted by Gasteiger charge is -2.25. The second-order valence-corrected chi connectivity index (χ2v) is 12.3. The number of ether oxygens (including phenoxy) is 2. The summed E-state index contributed by atoms with van der Waals surface area (Å²) in [6, 6.07) is 19.4. The minimum atomic E-state index is -4.18. The second-order valence-electron chi connectivity index (χ2n) is 8.78. The number of amides is 1. The number of benzene rings is 3. The molecule has 4 aromatic rings. The van der Waals surface area contributed by atoms with Crippen LogP contribution in [0.4, 0.5) is 17.1 Å². The quantitative estimate of drug-likeness (QED) is 0.264. The van der Waals surface area contributed by atoms with Crippen molar-refractivity contribution < 1.29 is 31.1 Å². The summed E-state index contributed by atoms with van der Waals surface area (Å²) in [7, 11) is -5.19. The first-order valence-electron chi connectivity index (χ1n) is 12.2. The Balaban J connectivity index is 1.58. The summed E-state index contributed by atoms with van der Waals surface area (Å²) in [6.07, 6.45) is 2.90. The van der Waals surface area contributed by atoms with Crippen LogP contribution in [-0.2, 0) is 24.8 Å². The van der Waals surface area contributed by atoms with Crippen LogP contribution in [-0.4, -0.2) is 48.5 Å². The van der Waals surface area contributed by atoms with Crippen LogP contribution in [0.25, 0.3) is 0 Å². The number of hydrogen-bond acceptors (Lipinski definition) is 8. The SMILES string of the molecule is COc1ccc(N(CC(=O)Nc2ccc(S(=O)(=O)Nc3cccnc3)cc2)S(=O)(=O)c2ccc(C)cc2)cc1OC. The Morgan fingerprint density at radius 3 is 2.10 bits per heavy atom. The molecule has 0 radical (unpaired) electrons. The number of sulfonamides is 2. The zero-order chi connectivity index (χ0) is 29.6. The van der Waals surface area contributed by atoms with Crippen LogP contribution in [0.5, 0.6) is 11.5 Å². The number of methoxy groups -OCH3 is 2.